The van der Waals surface area contributed by atoms with Gasteiger partial charge in [0.05, 0.1) is 5.92 Å². The molecule has 110 valence electrons. The highest BCUT2D eigenvalue weighted by atomic mass is 16.5. The smallest absolute Gasteiger partial charge is 0.228 e. The summed E-state index contributed by atoms with van der Waals surface area (Å²) in [5.41, 5.74) is 1.58. The van der Waals surface area contributed by atoms with Gasteiger partial charge in [0.25, 0.3) is 0 Å². The van der Waals surface area contributed by atoms with Gasteiger partial charge in [-0.15, -0.1) is 0 Å². The van der Waals surface area contributed by atoms with Crippen molar-refractivity contribution in [2.24, 2.45) is 5.92 Å². The molecule has 1 aliphatic heterocycles. The summed E-state index contributed by atoms with van der Waals surface area (Å²) in [6.45, 7) is 3.49. The van der Waals surface area contributed by atoms with Crippen molar-refractivity contribution in [1.29, 1.82) is 0 Å². The van der Waals surface area contributed by atoms with Gasteiger partial charge >= 0.3 is 0 Å². The molecule has 2 heterocycles. The van der Waals surface area contributed by atoms with E-state index in [0.29, 0.717) is 11.7 Å². The van der Waals surface area contributed by atoms with E-state index in [4.69, 9.17) is 4.52 Å². The number of amides is 1. The normalized spacial score (nSPS) is 18.4. The van der Waals surface area contributed by atoms with E-state index in [9.17, 15) is 4.79 Å². The van der Waals surface area contributed by atoms with Crippen molar-refractivity contribution in [3.8, 4) is 11.4 Å². The third-order valence-corrected chi connectivity index (χ3v) is 3.58. The number of carbonyl (C=O) groups is 1. The van der Waals surface area contributed by atoms with Crippen LogP contribution in [-0.4, -0.2) is 29.1 Å². The van der Waals surface area contributed by atoms with Crippen LogP contribution in [0.3, 0.4) is 0 Å². The first-order chi connectivity index (χ1) is 10.2. The standard InChI is InChI=1S/C15H18N4O2/c1-10-17-14(19-21-10)11-4-2-6-13(8-11)18-15(20)12-5-3-7-16-9-12/h2,4,6,8,12,16H,3,5,7,9H2,1H3,(H,18,20). The predicted molar refractivity (Wildman–Crippen MR) is 78.7 cm³/mol. The van der Waals surface area contributed by atoms with E-state index in [-0.39, 0.29) is 11.8 Å². The lowest BCUT2D eigenvalue weighted by Gasteiger charge is -2.21. The minimum Gasteiger partial charge on any atom is -0.339 e. The maximum Gasteiger partial charge on any atom is 0.228 e. The van der Waals surface area contributed by atoms with E-state index >= 15 is 0 Å². The number of nitrogens with zero attached hydrogens (tertiary/aromatic N) is 2. The first-order valence-electron chi connectivity index (χ1n) is 7.15. The molecule has 1 aliphatic rings. The van der Waals surface area contributed by atoms with Gasteiger partial charge in [0, 0.05) is 24.7 Å². The molecule has 0 bridgehead atoms. The maximum absolute atomic E-state index is 12.2. The maximum atomic E-state index is 12.2. The third kappa shape index (κ3) is 3.28. The fourth-order valence-electron chi connectivity index (χ4n) is 2.47. The van der Waals surface area contributed by atoms with Crippen molar-refractivity contribution in [1.82, 2.24) is 15.5 Å². The van der Waals surface area contributed by atoms with Crippen LogP contribution >= 0.6 is 0 Å². The van der Waals surface area contributed by atoms with Crippen molar-refractivity contribution in [3.63, 3.8) is 0 Å². The van der Waals surface area contributed by atoms with Crippen LogP contribution in [-0.2, 0) is 4.79 Å². The lowest BCUT2D eigenvalue weighted by molar-refractivity contribution is -0.120. The van der Waals surface area contributed by atoms with E-state index < -0.39 is 0 Å². The third-order valence-electron chi connectivity index (χ3n) is 3.58. The number of piperidine rings is 1. The van der Waals surface area contributed by atoms with E-state index in [1.165, 1.54) is 0 Å². The van der Waals surface area contributed by atoms with E-state index in [0.717, 1.165) is 37.2 Å². The van der Waals surface area contributed by atoms with Crippen LogP contribution in [0.15, 0.2) is 28.8 Å². The molecule has 1 fully saturated rings. The zero-order valence-electron chi connectivity index (χ0n) is 11.9. The second-order valence-corrected chi connectivity index (χ2v) is 5.25. The van der Waals surface area contributed by atoms with Crippen LogP contribution < -0.4 is 10.6 Å². The largest absolute Gasteiger partial charge is 0.339 e. The van der Waals surface area contributed by atoms with Crippen LogP contribution in [0, 0.1) is 12.8 Å². The molecule has 2 N–H and O–H groups in total. The molecule has 0 saturated carbocycles. The van der Waals surface area contributed by atoms with Gasteiger partial charge in [-0.3, -0.25) is 4.79 Å². The average molecular weight is 286 g/mol. The van der Waals surface area contributed by atoms with Gasteiger partial charge in [-0.25, -0.2) is 0 Å². The molecule has 6 heteroatoms. The van der Waals surface area contributed by atoms with Crippen molar-refractivity contribution >= 4 is 11.6 Å². The number of carbonyl (C=O) groups excluding carboxylic acids is 1. The van der Waals surface area contributed by atoms with E-state index in [2.05, 4.69) is 20.8 Å². The Bertz CT molecular complexity index is 632. The molecule has 1 aromatic heterocycles. The van der Waals surface area contributed by atoms with Crippen LogP contribution in [0.25, 0.3) is 11.4 Å². The van der Waals surface area contributed by atoms with Gasteiger partial charge in [0.15, 0.2) is 0 Å². The van der Waals surface area contributed by atoms with Crippen molar-refractivity contribution in [2.75, 3.05) is 18.4 Å². The lowest BCUT2D eigenvalue weighted by atomic mass is 9.99. The van der Waals surface area contributed by atoms with E-state index in [1.807, 2.05) is 24.3 Å². The first kappa shape index (κ1) is 13.8. The van der Waals surface area contributed by atoms with Gasteiger partial charge in [-0.2, -0.15) is 4.98 Å². The number of anilines is 1. The summed E-state index contributed by atoms with van der Waals surface area (Å²) in [6.07, 6.45) is 1.98. The summed E-state index contributed by atoms with van der Waals surface area (Å²) < 4.78 is 4.98. The molecule has 1 unspecified atom stereocenters. The van der Waals surface area contributed by atoms with Crippen molar-refractivity contribution in [3.05, 3.63) is 30.2 Å². The Morgan fingerprint density at radius 3 is 3.10 bits per heavy atom. The van der Waals surface area contributed by atoms with Gasteiger partial charge in [-0.1, -0.05) is 17.3 Å². The quantitative estimate of drug-likeness (QED) is 0.902. The fraction of sp³-hybridized carbons (Fsp3) is 0.400. The summed E-state index contributed by atoms with van der Waals surface area (Å²) in [5, 5.41) is 10.1. The molecule has 1 atom stereocenters. The van der Waals surface area contributed by atoms with Crippen LogP contribution in [0.1, 0.15) is 18.7 Å². The molecule has 2 aromatic rings. The first-order valence-corrected chi connectivity index (χ1v) is 7.15. The Morgan fingerprint density at radius 1 is 1.48 bits per heavy atom. The predicted octanol–water partition coefficient (Wildman–Crippen LogP) is 1.98. The van der Waals surface area contributed by atoms with Gasteiger partial charge in [-0.05, 0) is 31.5 Å². The Balaban J connectivity index is 1.72. The minimum atomic E-state index is 0.0369. The number of benzene rings is 1. The van der Waals surface area contributed by atoms with Crippen LogP contribution in [0.2, 0.25) is 0 Å². The van der Waals surface area contributed by atoms with Gasteiger partial charge < -0.3 is 15.2 Å². The Kier molecular flexibility index (Phi) is 3.96. The molecule has 3 rings (SSSR count). The molecule has 0 radical (unpaired) electrons. The average Bonchev–Trinajstić information content (AvgIpc) is 2.95. The Morgan fingerprint density at radius 2 is 2.38 bits per heavy atom. The van der Waals surface area contributed by atoms with E-state index in [1.54, 1.807) is 6.92 Å². The number of aryl methyl sites for hydroxylation is 1. The fourth-order valence-corrected chi connectivity index (χ4v) is 2.47. The molecule has 1 amide bonds. The second-order valence-electron chi connectivity index (χ2n) is 5.25. The number of hydrogen-bond donors (Lipinski definition) is 2. The number of nitrogens with one attached hydrogen (secondary N) is 2. The van der Waals surface area contributed by atoms with Crippen LogP contribution in [0.5, 0.6) is 0 Å². The minimum absolute atomic E-state index is 0.0369. The van der Waals surface area contributed by atoms with Crippen molar-refractivity contribution in [2.45, 2.75) is 19.8 Å². The highest BCUT2D eigenvalue weighted by Gasteiger charge is 2.21. The molecular formula is C15H18N4O2. The molecule has 1 saturated heterocycles. The Hall–Kier alpha value is -2.21. The van der Waals surface area contributed by atoms with Crippen molar-refractivity contribution < 1.29 is 9.32 Å². The second kappa shape index (κ2) is 6.05. The molecule has 6 nitrogen and oxygen atoms in total. The molecular weight excluding hydrogens is 268 g/mol. The zero-order valence-corrected chi connectivity index (χ0v) is 11.9. The number of aromatic nitrogens is 2. The summed E-state index contributed by atoms with van der Waals surface area (Å²) in [7, 11) is 0. The monoisotopic (exact) mass is 286 g/mol. The molecule has 0 spiro atoms. The number of hydrogen-bond acceptors (Lipinski definition) is 5. The highest BCUT2D eigenvalue weighted by molar-refractivity contribution is 5.93. The number of rotatable bonds is 3. The highest BCUT2D eigenvalue weighted by Crippen LogP contribution is 2.21. The lowest BCUT2D eigenvalue weighted by Crippen LogP contribution is -2.37. The summed E-state index contributed by atoms with van der Waals surface area (Å²) >= 11 is 0. The Labute approximate surface area is 122 Å². The zero-order chi connectivity index (χ0) is 14.7. The molecule has 1 aromatic carbocycles. The van der Waals surface area contributed by atoms with Gasteiger partial charge in [0.1, 0.15) is 0 Å². The SMILES string of the molecule is Cc1nc(-c2cccc(NC(=O)C3CCCNC3)c2)no1. The summed E-state index contributed by atoms with van der Waals surface area (Å²) in [6, 6.07) is 7.49. The van der Waals surface area contributed by atoms with Gasteiger partial charge in [0.2, 0.25) is 17.6 Å². The molecule has 21 heavy (non-hydrogen) atoms. The topological polar surface area (TPSA) is 80.0 Å². The summed E-state index contributed by atoms with van der Waals surface area (Å²) in [4.78, 5) is 16.4. The van der Waals surface area contributed by atoms with Crippen LogP contribution in [0.4, 0.5) is 5.69 Å². The summed E-state index contributed by atoms with van der Waals surface area (Å²) in [5.74, 6) is 1.15. The molecule has 0 aliphatic carbocycles.